The molecule has 1 aromatic rings. The first-order valence-corrected chi connectivity index (χ1v) is 7.68. The Bertz CT molecular complexity index is 393. The fourth-order valence-corrected chi connectivity index (χ4v) is 2.94. The smallest absolute Gasteiger partial charge is 0.0402 e. The molecule has 3 nitrogen and oxygen atoms in total. The molecule has 0 amide bonds. The van der Waals surface area contributed by atoms with E-state index in [-0.39, 0.29) is 0 Å². The van der Waals surface area contributed by atoms with Gasteiger partial charge in [0.2, 0.25) is 0 Å². The van der Waals surface area contributed by atoms with Crippen molar-refractivity contribution in [1.82, 2.24) is 4.90 Å². The van der Waals surface area contributed by atoms with Crippen LogP contribution in [0.25, 0.3) is 0 Å². The predicted molar refractivity (Wildman–Crippen MR) is 87.9 cm³/mol. The van der Waals surface area contributed by atoms with Gasteiger partial charge in [-0.2, -0.15) is 0 Å². The van der Waals surface area contributed by atoms with E-state index in [1.54, 1.807) is 0 Å². The Balaban J connectivity index is 3.02. The Kier molecular flexibility index (Phi) is 6.83. The zero-order chi connectivity index (χ0) is 14.4. The van der Waals surface area contributed by atoms with Gasteiger partial charge in [-0.3, -0.25) is 0 Å². The Hall–Kier alpha value is -0.580. The van der Waals surface area contributed by atoms with Crippen LogP contribution in [-0.4, -0.2) is 44.7 Å². The van der Waals surface area contributed by atoms with Crippen LogP contribution in [0.3, 0.4) is 0 Å². The Labute approximate surface area is 125 Å². The average Bonchev–Trinajstić information content (AvgIpc) is 2.32. The molecule has 4 heteroatoms. The van der Waals surface area contributed by atoms with E-state index >= 15 is 0 Å². The molecule has 0 aliphatic rings. The Morgan fingerprint density at radius 2 is 2.00 bits per heavy atom. The van der Waals surface area contributed by atoms with Crippen LogP contribution in [0.1, 0.15) is 19.4 Å². The van der Waals surface area contributed by atoms with Crippen molar-refractivity contribution in [3.63, 3.8) is 0 Å². The Morgan fingerprint density at radius 3 is 2.53 bits per heavy atom. The van der Waals surface area contributed by atoms with E-state index in [4.69, 9.17) is 5.73 Å². The van der Waals surface area contributed by atoms with E-state index in [0.717, 1.165) is 24.0 Å². The summed E-state index contributed by atoms with van der Waals surface area (Å²) in [5.41, 5.74) is 8.37. The molecule has 1 aromatic carbocycles. The lowest BCUT2D eigenvalue weighted by Gasteiger charge is -2.33. The van der Waals surface area contributed by atoms with Crippen LogP contribution >= 0.6 is 15.9 Å². The minimum Gasteiger partial charge on any atom is -0.368 e. The van der Waals surface area contributed by atoms with Gasteiger partial charge in [0.05, 0.1) is 0 Å². The van der Waals surface area contributed by atoms with Gasteiger partial charge < -0.3 is 15.5 Å². The third kappa shape index (κ3) is 4.79. The molecular weight excluding hydrogens is 302 g/mol. The lowest BCUT2D eigenvalue weighted by Crippen LogP contribution is -2.40. The maximum atomic E-state index is 5.74. The van der Waals surface area contributed by atoms with Crippen LogP contribution in [0.5, 0.6) is 0 Å². The zero-order valence-corrected chi connectivity index (χ0v) is 14.1. The van der Waals surface area contributed by atoms with Crippen molar-refractivity contribution in [1.29, 1.82) is 0 Å². The SMILES string of the molecule is CCN(c1ccc(Br)cc1CCN)C(C)CN(C)C. The number of hydrogen-bond donors (Lipinski definition) is 1. The Morgan fingerprint density at radius 1 is 1.32 bits per heavy atom. The second-order valence-electron chi connectivity index (χ2n) is 5.21. The lowest BCUT2D eigenvalue weighted by molar-refractivity contribution is 0.372. The van der Waals surface area contributed by atoms with Crippen molar-refractivity contribution >= 4 is 21.6 Å². The van der Waals surface area contributed by atoms with Gasteiger partial charge in [0.25, 0.3) is 0 Å². The van der Waals surface area contributed by atoms with Gasteiger partial charge in [0, 0.05) is 29.3 Å². The highest BCUT2D eigenvalue weighted by molar-refractivity contribution is 9.10. The highest BCUT2D eigenvalue weighted by Gasteiger charge is 2.16. The minimum absolute atomic E-state index is 0.484. The second-order valence-corrected chi connectivity index (χ2v) is 6.12. The maximum absolute atomic E-state index is 5.74. The molecule has 0 spiro atoms. The summed E-state index contributed by atoms with van der Waals surface area (Å²) in [5, 5.41) is 0. The standard InChI is InChI=1S/C15H26BrN3/c1-5-19(12(2)11-18(3)4)15-7-6-14(16)10-13(15)8-9-17/h6-7,10,12H,5,8-9,11,17H2,1-4H3. The van der Waals surface area contributed by atoms with Gasteiger partial charge in [0.1, 0.15) is 0 Å². The molecule has 0 aliphatic heterocycles. The molecule has 0 aromatic heterocycles. The second kappa shape index (κ2) is 7.88. The zero-order valence-electron chi connectivity index (χ0n) is 12.5. The number of rotatable bonds is 7. The fourth-order valence-electron chi connectivity index (χ4n) is 2.54. The van der Waals surface area contributed by atoms with Gasteiger partial charge in [-0.15, -0.1) is 0 Å². The lowest BCUT2D eigenvalue weighted by atomic mass is 10.1. The number of anilines is 1. The van der Waals surface area contributed by atoms with Crippen LogP contribution in [0.15, 0.2) is 22.7 Å². The monoisotopic (exact) mass is 327 g/mol. The molecule has 0 radical (unpaired) electrons. The topological polar surface area (TPSA) is 32.5 Å². The average molecular weight is 328 g/mol. The van der Waals surface area contributed by atoms with E-state index in [1.807, 2.05) is 0 Å². The van der Waals surface area contributed by atoms with E-state index in [2.05, 4.69) is 71.9 Å². The van der Waals surface area contributed by atoms with Gasteiger partial charge >= 0.3 is 0 Å². The molecule has 19 heavy (non-hydrogen) atoms. The molecule has 0 fully saturated rings. The van der Waals surface area contributed by atoms with Gasteiger partial charge in [-0.1, -0.05) is 15.9 Å². The number of likely N-dealkylation sites (N-methyl/N-ethyl adjacent to an activating group) is 2. The van der Waals surface area contributed by atoms with Crippen molar-refractivity contribution in [2.24, 2.45) is 5.73 Å². The molecule has 0 aliphatic carbocycles. The van der Waals surface area contributed by atoms with Crippen molar-refractivity contribution < 1.29 is 0 Å². The highest BCUT2D eigenvalue weighted by atomic mass is 79.9. The first-order valence-electron chi connectivity index (χ1n) is 6.89. The van der Waals surface area contributed by atoms with Crippen molar-refractivity contribution in [3.8, 4) is 0 Å². The summed E-state index contributed by atoms with van der Waals surface area (Å²) in [4.78, 5) is 4.69. The summed E-state index contributed by atoms with van der Waals surface area (Å²) in [6.45, 7) is 7.22. The minimum atomic E-state index is 0.484. The van der Waals surface area contributed by atoms with Crippen molar-refractivity contribution in [2.45, 2.75) is 26.3 Å². The number of halogens is 1. The molecule has 1 atom stereocenters. The first-order chi connectivity index (χ1) is 8.99. The van der Waals surface area contributed by atoms with Gasteiger partial charge in [-0.25, -0.2) is 0 Å². The largest absolute Gasteiger partial charge is 0.368 e. The summed E-state index contributed by atoms with van der Waals surface area (Å²) >= 11 is 3.55. The van der Waals surface area contributed by atoms with E-state index in [1.165, 1.54) is 11.3 Å². The third-order valence-corrected chi connectivity index (χ3v) is 3.76. The van der Waals surface area contributed by atoms with Gasteiger partial charge in [0.15, 0.2) is 0 Å². The third-order valence-electron chi connectivity index (χ3n) is 3.27. The normalized spacial score (nSPS) is 12.8. The molecule has 1 unspecified atom stereocenters. The van der Waals surface area contributed by atoms with Crippen molar-refractivity contribution in [2.75, 3.05) is 38.6 Å². The fraction of sp³-hybridized carbons (Fsp3) is 0.600. The maximum Gasteiger partial charge on any atom is 0.0402 e. The summed E-state index contributed by atoms with van der Waals surface area (Å²) in [7, 11) is 4.24. The molecule has 0 bridgehead atoms. The first kappa shape index (κ1) is 16.5. The van der Waals surface area contributed by atoms with Crippen LogP contribution in [-0.2, 0) is 6.42 Å². The summed E-state index contributed by atoms with van der Waals surface area (Å²) in [6.07, 6.45) is 0.917. The number of benzene rings is 1. The van der Waals surface area contributed by atoms with Crippen LogP contribution in [0, 0.1) is 0 Å². The van der Waals surface area contributed by atoms with Crippen LogP contribution in [0.2, 0.25) is 0 Å². The van der Waals surface area contributed by atoms with E-state index < -0.39 is 0 Å². The summed E-state index contributed by atoms with van der Waals surface area (Å²) in [5.74, 6) is 0. The molecule has 0 heterocycles. The van der Waals surface area contributed by atoms with Crippen molar-refractivity contribution in [3.05, 3.63) is 28.2 Å². The molecule has 0 saturated heterocycles. The van der Waals surface area contributed by atoms with Crippen LogP contribution < -0.4 is 10.6 Å². The summed E-state index contributed by atoms with van der Waals surface area (Å²) in [6, 6.07) is 6.98. The molecular formula is C15H26BrN3. The number of nitrogens with two attached hydrogens (primary N) is 1. The van der Waals surface area contributed by atoms with E-state index in [0.29, 0.717) is 12.6 Å². The van der Waals surface area contributed by atoms with Crippen LogP contribution in [0.4, 0.5) is 5.69 Å². The summed E-state index contributed by atoms with van der Waals surface area (Å²) < 4.78 is 1.12. The molecule has 108 valence electrons. The molecule has 2 N–H and O–H groups in total. The highest BCUT2D eigenvalue weighted by Crippen LogP contribution is 2.26. The van der Waals surface area contributed by atoms with Gasteiger partial charge in [-0.05, 0) is 64.7 Å². The number of hydrogen-bond acceptors (Lipinski definition) is 3. The van der Waals surface area contributed by atoms with E-state index in [9.17, 15) is 0 Å². The molecule has 0 saturated carbocycles. The molecule has 1 rings (SSSR count). The number of nitrogens with zero attached hydrogens (tertiary/aromatic N) is 2. The predicted octanol–water partition coefficient (Wildman–Crippen LogP) is 2.73. The quantitative estimate of drug-likeness (QED) is 0.835.